The summed E-state index contributed by atoms with van der Waals surface area (Å²) in [6, 6.07) is 22.2. The predicted molar refractivity (Wildman–Crippen MR) is 154 cm³/mol. The second-order valence-corrected chi connectivity index (χ2v) is 11.4. The fourth-order valence-electron chi connectivity index (χ4n) is 6.02. The Bertz CT molecular complexity index is 1690. The summed E-state index contributed by atoms with van der Waals surface area (Å²) in [7, 11) is 0. The number of thiazole rings is 1. The molecule has 2 aliphatic rings. The van der Waals surface area contributed by atoms with E-state index in [-0.39, 0.29) is 17.7 Å². The van der Waals surface area contributed by atoms with Gasteiger partial charge in [-0.2, -0.15) is 0 Å². The zero-order valence-corrected chi connectivity index (χ0v) is 23.0. The van der Waals surface area contributed by atoms with Gasteiger partial charge in [0.05, 0.1) is 5.01 Å². The molecule has 0 N–H and O–H groups in total. The number of aryl methyl sites for hydroxylation is 1. The molecule has 7 nitrogen and oxygen atoms in total. The monoisotopic (exact) mass is 548 g/mol. The Balaban J connectivity index is 1.03. The standard InChI is InChI=1S/C32H28N4O3S/c1-20-27(29(34-39-20)22-7-3-2-4-8-22)32(38)35-15-13-23(14-16-35)30-33-26(19-40-30)31(37)36-17-24-11-5-9-21-10-6-12-25(18-36)28(21)24/h2-12,19,23H,13-18H2,1H3. The lowest BCUT2D eigenvalue weighted by atomic mass is 9.95. The van der Waals surface area contributed by atoms with Crippen molar-refractivity contribution in [2.45, 2.75) is 38.8 Å². The number of amides is 2. The summed E-state index contributed by atoms with van der Waals surface area (Å²) in [5.41, 5.74) is 4.86. The summed E-state index contributed by atoms with van der Waals surface area (Å²) in [4.78, 5) is 35.6. The van der Waals surface area contributed by atoms with Crippen LogP contribution in [0.2, 0.25) is 0 Å². The molecule has 7 rings (SSSR count). The largest absolute Gasteiger partial charge is 0.360 e. The van der Waals surface area contributed by atoms with Gasteiger partial charge in [-0.25, -0.2) is 4.98 Å². The third-order valence-electron chi connectivity index (χ3n) is 8.08. The minimum atomic E-state index is -0.0496. The van der Waals surface area contributed by atoms with E-state index in [0.29, 0.717) is 48.9 Å². The normalized spacial score (nSPS) is 15.5. The summed E-state index contributed by atoms with van der Waals surface area (Å²) >= 11 is 1.55. The summed E-state index contributed by atoms with van der Waals surface area (Å²) < 4.78 is 5.42. The summed E-state index contributed by atoms with van der Waals surface area (Å²) in [6.07, 6.45) is 1.61. The number of piperidine rings is 1. The molecule has 2 aliphatic heterocycles. The average molecular weight is 549 g/mol. The molecule has 0 spiro atoms. The van der Waals surface area contributed by atoms with Crippen LogP contribution in [0.25, 0.3) is 22.0 Å². The maximum Gasteiger partial charge on any atom is 0.273 e. The molecule has 0 radical (unpaired) electrons. The lowest BCUT2D eigenvalue weighted by Gasteiger charge is -2.31. The van der Waals surface area contributed by atoms with Crippen molar-refractivity contribution in [2.24, 2.45) is 0 Å². The molecule has 1 saturated heterocycles. The van der Waals surface area contributed by atoms with E-state index < -0.39 is 0 Å². The maximum atomic E-state index is 13.5. The number of hydrogen-bond acceptors (Lipinski definition) is 6. The van der Waals surface area contributed by atoms with Crippen LogP contribution in [0.4, 0.5) is 0 Å². The number of rotatable bonds is 4. The van der Waals surface area contributed by atoms with E-state index in [2.05, 4.69) is 41.6 Å². The fourth-order valence-corrected chi connectivity index (χ4v) is 6.98. The quantitative estimate of drug-likeness (QED) is 0.258. The van der Waals surface area contributed by atoms with Crippen LogP contribution in [0, 0.1) is 6.92 Å². The van der Waals surface area contributed by atoms with Crippen molar-refractivity contribution in [1.29, 1.82) is 0 Å². The van der Waals surface area contributed by atoms with E-state index in [1.165, 1.54) is 21.9 Å². The van der Waals surface area contributed by atoms with Crippen LogP contribution in [-0.2, 0) is 13.1 Å². The van der Waals surface area contributed by atoms with Gasteiger partial charge in [0.2, 0.25) is 0 Å². The van der Waals surface area contributed by atoms with Gasteiger partial charge in [0, 0.05) is 43.0 Å². The summed E-state index contributed by atoms with van der Waals surface area (Å²) in [5.74, 6) is 0.679. The number of nitrogens with zero attached hydrogens (tertiary/aromatic N) is 4. The van der Waals surface area contributed by atoms with Gasteiger partial charge in [0.15, 0.2) is 0 Å². The number of carbonyl (C=O) groups excluding carboxylic acids is 2. The Morgan fingerprint density at radius 3 is 2.27 bits per heavy atom. The Labute approximate surface area is 236 Å². The molecule has 0 bridgehead atoms. The van der Waals surface area contributed by atoms with Crippen LogP contribution >= 0.6 is 11.3 Å². The number of aromatic nitrogens is 2. The predicted octanol–water partition coefficient (Wildman–Crippen LogP) is 6.44. The van der Waals surface area contributed by atoms with Crippen molar-refractivity contribution < 1.29 is 14.1 Å². The molecule has 5 aromatic rings. The molecule has 2 amide bonds. The van der Waals surface area contributed by atoms with E-state index in [9.17, 15) is 9.59 Å². The highest BCUT2D eigenvalue weighted by atomic mass is 32.1. The number of carbonyl (C=O) groups is 2. The van der Waals surface area contributed by atoms with Gasteiger partial charge >= 0.3 is 0 Å². The minimum Gasteiger partial charge on any atom is -0.360 e. The van der Waals surface area contributed by atoms with Crippen molar-refractivity contribution in [1.82, 2.24) is 19.9 Å². The molecule has 3 aromatic carbocycles. The van der Waals surface area contributed by atoms with Crippen LogP contribution in [0.5, 0.6) is 0 Å². The Morgan fingerprint density at radius 2 is 1.57 bits per heavy atom. The highest BCUT2D eigenvalue weighted by Gasteiger charge is 2.31. The van der Waals surface area contributed by atoms with Crippen LogP contribution in [0.1, 0.15) is 61.5 Å². The van der Waals surface area contributed by atoms with Gasteiger partial charge in [-0.05, 0) is 41.7 Å². The summed E-state index contributed by atoms with van der Waals surface area (Å²) in [6.45, 7) is 4.22. The molecule has 1 fully saturated rings. The van der Waals surface area contributed by atoms with E-state index in [1.54, 1.807) is 18.3 Å². The van der Waals surface area contributed by atoms with Crippen molar-refractivity contribution in [3.05, 3.63) is 105 Å². The van der Waals surface area contributed by atoms with Gasteiger partial charge in [0.1, 0.15) is 22.7 Å². The van der Waals surface area contributed by atoms with Crippen molar-refractivity contribution in [2.75, 3.05) is 13.1 Å². The topological polar surface area (TPSA) is 79.5 Å². The van der Waals surface area contributed by atoms with Gasteiger partial charge in [-0.15, -0.1) is 11.3 Å². The van der Waals surface area contributed by atoms with Gasteiger partial charge in [0.25, 0.3) is 11.8 Å². The lowest BCUT2D eigenvalue weighted by molar-refractivity contribution is 0.0711. The van der Waals surface area contributed by atoms with Crippen molar-refractivity contribution in [3.63, 3.8) is 0 Å². The van der Waals surface area contributed by atoms with E-state index in [0.717, 1.165) is 23.4 Å². The minimum absolute atomic E-state index is 0.0296. The Hall–Kier alpha value is -4.30. The molecule has 0 saturated carbocycles. The second kappa shape index (κ2) is 10.0. The number of benzene rings is 3. The zero-order valence-electron chi connectivity index (χ0n) is 22.2. The zero-order chi connectivity index (χ0) is 27.2. The smallest absolute Gasteiger partial charge is 0.273 e. The SMILES string of the molecule is Cc1onc(-c2ccccc2)c1C(=O)N1CCC(c2nc(C(=O)N3Cc4cccc5cccc(c45)C3)cs2)CC1. The molecule has 0 atom stereocenters. The van der Waals surface area contributed by atoms with Crippen molar-refractivity contribution >= 4 is 33.9 Å². The second-order valence-electron chi connectivity index (χ2n) is 10.6. The molecule has 40 heavy (non-hydrogen) atoms. The molecule has 200 valence electrons. The van der Waals surface area contributed by atoms with Gasteiger partial charge in [-0.1, -0.05) is 71.9 Å². The first kappa shape index (κ1) is 24.7. The van der Waals surface area contributed by atoms with E-state index in [4.69, 9.17) is 9.51 Å². The van der Waals surface area contributed by atoms with Crippen LogP contribution in [0.15, 0.2) is 76.6 Å². The van der Waals surface area contributed by atoms with Crippen LogP contribution in [-0.4, -0.2) is 44.8 Å². The first-order valence-electron chi connectivity index (χ1n) is 13.6. The average Bonchev–Trinajstić information content (AvgIpc) is 3.65. The Kier molecular flexibility index (Phi) is 6.20. The Morgan fingerprint density at radius 1 is 0.875 bits per heavy atom. The first-order valence-corrected chi connectivity index (χ1v) is 14.5. The van der Waals surface area contributed by atoms with E-state index >= 15 is 0 Å². The first-order chi connectivity index (χ1) is 19.6. The van der Waals surface area contributed by atoms with Crippen LogP contribution < -0.4 is 0 Å². The molecule has 0 unspecified atom stereocenters. The third-order valence-corrected chi connectivity index (χ3v) is 9.09. The lowest BCUT2D eigenvalue weighted by Crippen LogP contribution is -2.38. The molecule has 4 heterocycles. The fraction of sp³-hybridized carbons (Fsp3) is 0.250. The molecule has 2 aromatic heterocycles. The molecule has 0 aliphatic carbocycles. The molecular weight excluding hydrogens is 520 g/mol. The highest BCUT2D eigenvalue weighted by Crippen LogP contribution is 2.34. The van der Waals surface area contributed by atoms with E-state index in [1.807, 2.05) is 45.5 Å². The highest BCUT2D eigenvalue weighted by molar-refractivity contribution is 7.09. The number of hydrogen-bond donors (Lipinski definition) is 0. The molecular formula is C32H28N4O3S. The van der Waals surface area contributed by atoms with Crippen LogP contribution in [0.3, 0.4) is 0 Å². The van der Waals surface area contributed by atoms with Gasteiger partial charge < -0.3 is 14.3 Å². The summed E-state index contributed by atoms with van der Waals surface area (Å²) in [5, 5.41) is 9.53. The maximum absolute atomic E-state index is 13.5. The number of likely N-dealkylation sites (tertiary alicyclic amines) is 1. The molecule has 8 heteroatoms. The third kappa shape index (κ3) is 4.29. The van der Waals surface area contributed by atoms with Crippen molar-refractivity contribution in [3.8, 4) is 11.3 Å². The van der Waals surface area contributed by atoms with Gasteiger partial charge in [-0.3, -0.25) is 9.59 Å².